The first-order chi connectivity index (χ1) is 11.4. The van der Waals surface area contributed by atoms with Crippen LogP contribution in [0.2, 0.25) is 0 Å². The smallest absolute Gasteiger partial charge is 0.419 e. The van der Waals surface area contributed by atoms with Crippen molar-refractivity contribution < 1.29 is 17.9 Å². The number of hydrogen-bond acceptors (Lipinski definition) is 2. The van der Waals surface area contributed by atoms with Gasteiger partial charge in [0.05, 0.1) is 5.56 Å². The minimum Gasteiger partial charge on any atom is -0.488 e. The van der Waals surface area contributed by atoms with Gasteiger partial charge in [0.1, 0.15) is 12.4 Å². The van der Waals surface area contributed by atoms with Crippen LogP contribution in [-0.2, 0) is 12.8 Å². The Hall–Kier alpha value is -2.17. The van der Waals surface area contributed by atoms with Crippen LogP contribution in [-0.4, -0.2) is 7.05 Å². The molecular formula is C19H20F3NO. The quantitative estimate of drug-likeness (QED) is 0.778. The fraction of sp³-hybridized carbons (Fsp3) is 0.368. The van der Waals surface area contributed by atoms with Gasteiger partial charge in [0.2, 0.25) is 0 Å². The molecule has 0 heterocycles. The molecule has 0 saturated heterocycles. The van der Waals surface area contributed by atoms with E-state index in [1.807, 2.05) is 25.2 Å². The maximum atomic E-state index is 13.2. The van der Waals surface area contributed by atoms with Gasteiger partial charge in [-0.3, -0.25) is 0 Å². The van der Waals surface area contributed by atoms with Crippen molar-refractivity contribution in [3.05, 3.63) is 58.7 Å². The number of ether oxygens (including phenoxy) is 1. The van der Waals surface area contributed by atoms with Crippen molar-refractivity contribution in [2.45, 2.75) is 38.5 Å². The molecule has 5 heteroatoms. The summed E-state index contributed by atoms with van der Waals surface area (Å²) in [4.78, 5) is 0. The molecule has 0 unspecified atom stereocenters. The predicted octanol–water partition coefficient (Wildman–Crippen LogP) is 5.51. The monoisotopic (exact) mass is 335 g/mol. The molecule has 0 aliphatic heterocycles. The van der Waals surface area contributed by atoms with E-state index in [0.29, 0.717) is 11.5 Å². The van der Waals surface area contributed by atoms with Gasteiger partial charge in [-0.25, -0.2) is 0 Å². The first-order valence-corrected chi connectivity index (χ1v) is 8.00. The average molecular weight is 335 g/mol. The average Bonchev–Trinajstić information content (AvgIpc) is 3.37. The van der Waals surface area contributed by atoms with Crippen LogP contribution in [0.3, 0.4) is 0 Å². The number of rotatable bonds is 5. The fourth-order valence-electron chi connectivity index (χ4n) is 2.92. The Morgan fingerprint density at radius 1 is 1.17 bits per heavy atom. The number of nitrogens with one attached hydrogen (secondary N) is 1. The summed E-state index contributed by atoms with van der Waals surface area (Å²) < 4.78 is 45.3. The van der Waals surface area contributed by atoms with Crippen molar-refractivity contribution in [3.8, 4) is 5.75 Å². The molecule has 24 heavy (non-hydrogen) atoms. The lowest BCUT2D eigenvalue weighted by Crippen LogP contribution is -2.10. The molecule has 128 valence electrons. The normalized spacial score (nSPS) is 14.5. The maximum absolute atomic E-state index is 13.2. The molecule has 3 rings (SSSR count). The van der Waals surface area contributed by atoms with Crippen LogP contribution >= 0.6 is 0 Å². The molecule has 1 aliphatic rings. The number of alkyl halides is 3. The van der Waals surface area contributed by atoms with E-state index < -0.39 is 11.7 Å². The number of benzene rings is 2. The Labute approximate surface area is 139 Å². The van der Waals surface area contributed by atoms with E-state index >= 15 is 0 Å². The molecule has 2 aromatic carbocycles. The second-order valence-electron chi connectivity index (χ2n) is 6.18. The van der Waals surface area contributed by atoms with Crippen molar-refractivity contribution in [2.24, 2.45) is 0 Å². The summed E-state index contributed by atoms with van der Waals surface area (Å²) in [7, 11) is 1.81. The van der Waals surface area contributed by atoms with Gasteiger partial charge in [-0.05, 0) is 49.4 Å². The topological polar surface area (TPSA) is 21.3 Å². The summed E-state index contributed by atoms with van der Waals surface area (Å²) in [6, 6.07) is 10.1. The van der Waals surface area contributed by atoms with Crippen LogP contribution in [0, 0.1) is 6.92 Å². The molecule has 0 atom stereocenters. The van der Waals surface area contributed by atoms with Gasteiger partial charge in [0.15, 0.2) is 0 Å². The summed E-state index contributed by atoms with van der Waals surface area (Å²) >= 11 is 0. The third-order valence-corrected chi connectivity index (χ3v) is 4.31. The molecule has 1 fully saturated rings. The van der Waals surface area contributed by atoms with E-state index in [9.17, 15) is 13.2 Å². The maximum Gasteiger partial charge on any atom is 0.419 e. The molecule has 0 amide bonds. The first-order valence-electron chi connectivity index (χ1n) is 8.00. The highest BCUT2D eigenvalue weighted by Crippen LogP contribution is 2.44. The largest absolute Gasteiger partial charge is 0.488 e. The standard InChI is InChI=1S/C19H20F3NO/c1-12-6-9-18(16(10-12)19(20,21)22)24-11-15-14(13-7-8-13)4-3-5-17(15)23-2/h3-6,9-10,13,23H,7-8,11H2,1-2H3. The van der Waals surface area contributed by atoms with Crippen molar-refractivity contribution in [2.75, 3.05) is 12.4 Å². The highest BCUT2D eigenvalue weighted by Gasteiger charge is 2.34. The molecule has 0 spiro atoms. The van der Waals surface area contributed by atoms with Crippen molar-refractivity contribution in [1.29, 1.82) is 0 Å². The third-order valence-electron chi connectivity index (χ3n) is 4.31. The Morgan fingerprint density at radius 2 is 1.92 bits per heavy atom. The highest BCUT2D eigenvalue weighted by molar-refractivity contribution is 5.56. The molecule has 0 radical (unpaired) electrons. The summed E-state index contributed by atoms with van der Waals surface area (Å²) in [5, 5.41) is 3.11. The van der Waals surface area contributed by atoms with Crippen molar-refractivity contribution >= 4 is 5.69 Å². The van der Waals surface area contributed by atoms with E-state index in [2.05, 4.69) is 5.32 Å². The van der Waals surface area contributed by atoms with Gasteiger partial charge in [0, 0.05) is 18.3 Å². The van der Waals surface area contributed by atoms with Gasteiger partial charge in [-0.2, -0.15) is 13.2 Å². The van der Waals surface area contributed by atoms with Gasteiger partial charge in [0.25, 0.3) is 0 Å². The summed E-state index contributed by atoms with van der Waals surface area (Å²) in [5.74, 6) is 0.373. The van der Waals surface area contributed by atoms with E-state index in [1.54, 1.807) is 13.0 Å². The molecule has 1 aliphatic carbocycles. The second kappa shape index (κ2) is 6.38. The van der Waals surface area contributed by atoms with E-state index in [-0.39, 0.29) is 12.4 Å². The van der Waals surface area contributed by atoms with E-state index in [4.69, 9.17) is 4.74 Å². The molecule has 2 aromatic rings. The number of halogens is 3. The molecule has 0 bridgehead atoms. The van der Waals surface area contributed by atoms with Gasteiger partial charge in [-0.15, -0.1) is 0 Å². The molecule has 1 saturated carbocycles. The Morgan fingerprint density at radius 3 is 2.54 bits per heavy atom. The molecule has 0 aromatic heterocycles. The van der Waals surface area contributed by atoms with Crippen LogP contribution in [0.15, 0.2) is 36.4 Å². The Kier molecular flexibility index (Phi) is 4.43. The zero-order valence-electron chi connectivity index (χ0n) is 13.7. The third kappa shape index (κ3) is 3.50. The molecule has 1 N–H and O–H groups in total. The van der Waals surface area contributed by atoms with E-state index in [1.165, 1.54) is 11.6 Å². The lowest BCUT2D eigenvalue weighted by Gasteiger charge is -2.18. The van der Waals surface area contributed by atoms with Crippen LogP contribution < -0.4 is 10.1 Å². The minimum absolute atomic E-state index is 0.120. The zero-order valence-corrected chi connectivity index (χ0v) is 13.7. The lowest BCUT2D eigenvalue weighted by molar-refractivity contribution is -0.139. The number of anilines is 1. The van der Waals surface area contributed by atoms with Crippen LogP contribution in [0.5, 0.6) is 5.75 Å². The van der Waals surface area contributed by atoms with Gasteiger partial charge >= 0.3 is 6.18 Å². The van der Waals surface area contributed by atoms with Crippen LogP contribution in [0.25, 0.3) is 0 Å². The first kappa shape index (κ1) is 16.7. The number of aryl methyl sites for hydroxylation is 1. The second-order valence-corrected chi connectivity index (χ2v) is 6.18. The Bertz CT molecular complexity index is 736. The van der Waals surface area contributed by atoms with Crippen molar-refractivity contribution in [3.63, 3.8) is 0 Å². The molecular weight excluding hydrogens is 315 g/mol. The minimum atomic E-state index is -4.43. The Balaban J connectivity index is 1.89. The summed E-state index contributed by atoms with van der Waals surface area (Å²) in [6.07, 6.45) is -2.18. The SMILES string of the molecule is CNc1cccc(C2CC2)c1COc1ccc(C)cc1C(F)(F)F. The fourth-order valence-corrected chi connectivity index (χ4v) is 2.92. The predicted molar refractivity (Wildman–Crippen MR) is 88.5 cm³/mol. The van der Waals surface area contributed by atoms with Crippen LogP contribution in [0.4, 0.5) is 18.9 Å². The van der Waals surface area contributed by atoms with Gasteiger partial charge in [-0.1, -0.05) is 23.8 Å². The van der Waals surface area contributed by atoms with E-state index in [0.717, 1.165) is 30.2 Å². The van der Waals surface area contributed by atoms with Crippen molar-refractivity contribution in [1.82, 2.24) is 0 Å². The summed E-state index contributed by atoms with van der Waals surface area (Å²) in [5.41, 5.74) is 2.85. The lowest BCUT2D eigenvalue weighted by atomic mass is 10.0. The highest BCUT2D eigenvalue weighted by atomic mass is 19.4. The number of hydrogen-bond donors (Lipinski definition) is 1. The molecule has 2 nitrogen and oxygen atoms in total. The summed E-state index contributed by atoms with van der Waals surface area (Å²) in [6.45, 7) is 1.76. The zero-order chi connectivity index (χ0) is 17.3. The van der Waals surface area contributed by atoms with Gasteiger partial charge < -0.3 is 10.1 Å². The van der Waals surface area contributed by atoms with Crippen LogP contribution in [0.1, 0.15) is 41.0 Å².